The number of hydrogen-bond acceptors (Lipinski definition) is 3. The highest BCUT2D eigenvalue weighted by molar-refractivity contribution is 5.67. The van der Waals surface area contributed by atoms with E-state index in [4.69, 9.17) is 0 Å². The first-order valence-corrected chi connectivity index (χ1v) is 7.27. The number of rotatable bonds is 4. The van der Waals surface area contributed by atoms with Gasteiger partial charge in [0.05, 0.1) is 5.69 Å². The van der Waals surface area contributed by atoms with Crippen LogP contribution in [0.4, 0.5) is 10.2 Å². The minimum Gasteiger partial charge on any atom is -0.367 e. The second-order valence-corrected chi connectivity index (χ2v) is 6.14. The normalized spacial score (nSPS) is 11.8. The summed E-state index contributed by atoms with van der Waals surface area (Å²) < 4.78 is 15.2. The summed E-state index contributed by atoms with van der Waals surface area (Å²) in [6, 6.07) is 8.72. The van der Waals surface area contributed by atoms with Gasteiger partial charge in [0, 0.05) is 24.4 Å². The third-order valence-corrected chi connectivity index (χ3v) is 3.82. The molecule has 0 bridgehead atoms. The summed E-state index contributed by atoms with van der Waals surface area (Å²) >= 11 is 0. The van der Waals surface area contributed by atoms with Crippen molar-refractivity contribution in [3.63, 3.8) is 0 Å². The molecule has 0 aliphatic heterocycles. The number of nitrogens with one attached hydrogen (secondary N) is 1. The summed E-state index contributed by atoms with van der Waals surface area (Å²) in [4.78, 5) is 4.39. The van der Waals surface area contributed by atoms with Crippen molar-refractivity contribution >= 4 is 11.3 Å². The van der Waals surface area contributed by atoms with Crippen molar-refractivity contribution in [1.29, 1.82) is 0 Å². The number of nitrogens with zero attached hydrogens (tertiary/aromatic N) is 3. The smallest absolute Gasteiger partial charge is 0.152 e. The van der Waals surface area contributed by atoms with E-state index in [1.807, 2.05) is 25.3 Å². The van der Waals surface area contributed by atoms with Crippen LogP contribution in [0.25, 0.3) is 5.52 Å². The van der Waals surface area contributed by atoms with Gasteiger partial charge in [0.15, 0.2) is 5.82 Å². The highest BCUT2D eigenvalue weighted by Gasteiger charge is 2.21. The maximum Gasteiger partial charge on any atom is 0.152 e. The van der Waals surface area contributed by atoms with Gasteiger partial charge < -0.3 is 5.32 Å². The first-order chi connectivity index (χ1) is 10.5. The Labute approximate surface area is 129 Å². The van der Waals surface area contributed by atoms with Crippen LogP contribution < -0.4 is 5.32 Å². The number of aromatic nitrogens is 3. The molecular formula is C17H19FN4. The van der Waals surface area contributed by atoms with Crippen LogP contribution in [0.1, 0.15) is 25.1 Å². The quantitative estimate of drug-likeness (QED) is 0.800. The molecule has 0 amide bonds. The van der Waals surface area contributed by atoms with Crippen LogP contribution in [0.15, 0.2) is 42.7 Å². The molecule has 1 aromatic carbocycles. The fraction of sp³-hybridized carbons (Fsp3) is 0.294. The number of aryl methyl sites for hydroxylation is 1. The Kier molecular flexibility index (Phi) is 3.56. The third-order valence-electron chi connectivity index (χ3n) is 3.82. The standard InChI is InChI=1S/C17H19FN4/c1-12-9-15-16(19-7-8-22(15)21-12)20-11-17(2,3)13-5-4-6-14(18)10-13/h4-10H,11H2,1-3H3,(H,19,20). The van der Waals surface area contributed by atoms with Gasteiger partial charge in [-0.25, -0.2) is 13.9 Å². The Hall–Kier alpha value is -2.43. The van der Waals surface area contributed by atoms with Gasteiger partial charge in [-0.3, -0.25) is 0 Å². The topological polar surface area (TPSA) is 42.2 Å². The number of benzene rings is 1. The number of hydrogen-bond donors (Lipinski definition) is 1. The molecule has 2 heterocycles. The summed E-state index contributed by atoms with van der Waals surface area (Å²) in [5, 5.41) is 7.74. The molecule has 0 aliphatic rings. The van der Waals surface area contributed by atoms with Crippen LogP contribution in [0.5, 0.6) is 0 Å². The first-order valence-electron chi connectivity index (χ1n) is 7.27. The van der Waals surface area contributed by atoms with Crippen molar-refractivity contribution in [2.24, 2.45) is 0 Å². The van der Waals surface area contributed by atoms with Gasteiger partial charge in [-0.2, -0.15) is 5.10 Å². The third kappa shape index (κ3) is 2.79. The van der Waals surface area contributed by atoms with Crippen molar-refractivity contribution in [2.75, 3.05) is 11.9 Å². The maximum absolute atomic E-state index is 13.4. The van der Waals surface area contributed by atoms with E-state index in [0.717, 1.165) is 22.6 Å². The van der Waals surface area contributed by atoms with Crippen molar-refractivity contribution < 1.29 is 4.39 Å². The molecule has 0 radical (unpaired) electrons. The zero-order chi connectivity index (χ0) is 15.7. The lowest BCUT2D eigenvalue weighted by Gasteiger charge is -2.26. The lowest BCUT2D eigenvalue weighted by atomic mass is 9.84. The summed E-state index contributed by atoms with van der Waals surface area (Å²) in [6.07, 6.45) is 3.54. The second-order valence-electron chi connectivity index (χ2n) is 6.14. The summed E-state index contributed by atoms with van der Waals surface area (Å²) in [6.45, 7) is 6.76. The van der Waals surface area contributed by atoms with Crippen LogP contribution in [0, 0.1) is 12.7 Å². The molecule has 0 saturated carbocycles. The van der Waals surface area contributed by atoms with Crippen LogP contribution >= 0.6 is 0 Å². The van der Waals surface area contributed by atoms with Crippen LogP contribution in [0.2, 0.25) is 0 Å². The van der Waals surface area contributed by atoms with Gasteiger partial charge in [-0.05, 0) is 30.7 Å². The lowest BCUT2D eigenvalue weighted by Crippen LogP contribution is -2.28. The van der Waals surface area contributed by atoms with Crippen LogP contribution in [-0.4, -0.2) is 21.1 Å². The molecule has 114 valence electrons. The van der Waals surface area contributed by atoms with Crippen molar-refractivity contribution in [1.82, 2.24) is 14.6 Å². The highest BCUT2D eigenvalue weighted by atomic mass is 19.1. The minimum atomic E-state index is -0.217. The Morgan fingerprint density at radius 1 is 1.27 bits per heavy atom. The van der Waals surface area contributed by atoms with E-state index >= 15 is 0 Å². The first kappa shape index (κ1) is 14.5. The van der Waals surface area contributed by atoms with Gasteiger partial charge in [0.25, 0.3) is 0 Å². The van der Waals surface area contributed by atoms with Crippen LogP contribution in [0.3, 0.4) is 0 Å². The fourth-order valence-electron chi connectivity index (χ4n) is 2.50. The number of fused-ring (bicyclic) bond motifs is 1. The van der Waals surface area contributed by atoms with Gasteiger partial charge >= 0.3 is 0 Å². The SMILES string of the molecule is Cc1cc2c(NCC(C)(C)c3cccc(F)c3)nccn2n1. The van der Waals surface area contributed by atoms with Gasteiger partial charge in [0.2, 0.25) is 0 Å². The van der Waals surface area contributed by atoms with Crippen molar-refractivity contribution in [3.8, 4) is 0 Å². The zero-order valence-electron chi connectivity index (χ0n) is 13.0. The van der Waals surface area contributed by atoms with E-state index in [2.05, 4.69) is 29.2 Å². The van der Waals surface area contributed by atoms with E-state index < -0.39 is 0 Å². The molecule has 3 aromatic rings. The molecule has 0 fully saturated rings. The lowest BCUT2D eigenvalue weighted by molar-refractivity contribution is 0.545. The maximum atomic E-state index is 13.4. The predicted molar refractivity (Wildman–Crippen MR) is 85.6 cm³/mol. The molecular weight excluding hydrogens is 279 g/mol. The summed E-state index contributed by atoms with van der Waals surface area (Å²) in [5.41, 5.74) is 2.62. The number of anilines is 1. The molecule has 0 aliphatic carbocycles. The van der Waals surface area contributed by atoms with E-state index in [0.29, 0.717) is 6.54 Å². The van der Waals surface area contributed by atoms with Crippen molar-refractivity contribution in [2.45, 2.75) is 26.2 Å². The van der Waals surface area contributed by atoms with Gasteiger partial charge in [0.1, 0.15) is 11.3 Å². The van der Waals surface area contributed by atoms with Crippen molar-refractivity contribution in [3.05, 3.63) is 59.8 Å². The molecule has 2 aromatic heterocycles. The summed E-state index contributed by atoms with van der Waals surface area (Å²) in [5.74, 6) is 0.574. The average molecular weight is 298 g/mol. The second kappa shape index (κ2) is 5.40. The molecule has 0 atom stereocenters. The van der Waals surface area contributed by atoms with E-state index in [1.54, 1.807) is 22.8 Å². The van der Waals surface area contributed by atoms with E-state index in [9.17, 15) is 4.39 Å². The zero-order valence-corrected chi connectivity index (χ0v) is 13.0. The number of halogens is 1. The largest absolute Gasteiger partial charge is 0.367 e. The Bertz CT molecular complexity index is 807. The van der Waals surface area contributed by atoms with E-state index in [1.165, 1.54) is 6.07 Å². The van der Waals surface area contributed by atoms with Crippen LogP contribution in [-0.2, 0) is 5.41 Å². The van der Waals surface area contributed by atoms with E-state index in [-0.39, 0.29) is 11.2 Å². The molecule has 0 saturated heterocycles. The molecule has 4 nitrogen and oxygen atoms in total. The Morgan fingerprint density at radius 3 is 2.86 bits per heavy atom. The molecule has 0 spiro atoms. The molecule has 5 heteroatoms. The molecule has 22 heavy (non-hydrogen) atoms. The Balaban J connectivity index is 1.84. The monoisotopic (exact) mass is 298 g/mol. The highest BCUT2D eigenvalue weighted by Crippen LogP contribution is 2.25. The van der Waals surface area contributed by atoms with Gasteiger partial charge in [-0.15, -0.1) is 0 Å². The average Bonchev–Trinajstić information content (AvgIpc) is 2.86. The predicted octanol–water partition coefficient (Wildman–Crippen LogP) is 3.57. The molecule has 3 rings (SSSR count). The van der Waals surface area contributed by atoms with Gasteiger partial charge in [-0.1, -0.05) is 26.0 Å². The minimum absolute atomic E-state index is 0.211. The molecule has 0 unspecified atom stereocenters. The Morgan fingerprint density at radius 2 is 2.09 bits per heavy atom. The summed E-state index contributed by atoms with van der Waals surface area (Å²) in [7, 11) is 0. The fourth-order valence-corrected chi connectivity index (χ4v) is 2.50. The molecule has 1 N–H and O–H groups in total.